The zero-order chi connectivity index (χ0) is 17.3. The van der Waals surface area contributed by atoms with Crippen LogP contribution in [0.25, 0.3) is 11.3 Å². The van der Waals surface area contributed by atoms with Gasteiger partial charge in [-0.1, -0.05) is 24.3 Å². The predicted molar refractivity (Wildman–Crippen MR) is 88.6 cm³/mol. The Morgan fingerprint density at radius 1 is 1.04 bits per heavy atom. The minimum Gasteiger partial charge on any atom is -0.396 e. The fraction of sp³-hybridized carbons (Fsp3) is 0.0526. The number of pyridine rings is 1. The molecule has 0 spiro atoms. The number of benzene rings is 2. The van der Waals surface area contributed by atoms with Crippen molar-refractivity contribution in [2.45, 2.75) is 6.92 Å². The molecule has 2 aromatic carbocycles. The second-order valence-electron chi connectivity index (χ2n) is 5.39. The van der Waals surface area contributed by atoms with Gasteiger partial charge in [-0.25, -0.2) is 8.78 Å². The normalized spacial score (nSPS) is 10.6. The average molecular weight is 324 g/mol. The summed E-state index contributed by atoms with van der Waals surface area (Å²) in [6.07, 6.45) is 1.45. The fourth-order valence-electron chi connectivity index (χ4n) is 2.54. The Bertz CT molecular complexity index is 938. The highest BCUT2D eigenvalue weighted by atomic mass is 19.1. The van der Waals surface area contributed by atoms with Gasteiger partial charge < -0.3 is 5.73 Å². The van der Waals surface area contributed by atoms with Crippen molar-refractivity contribution >= 4 is 11.5 Å². The molecule has 1 heterocycles. The second-order valence-corrected chi connectivity index (χ2v) is 5.39. The summed E-state index contributed by atoms with van der Waals surface area (Å²) >= 11 is 0. The van der Waals surface area contributed by atoms with Gasteiger partial charge in [0.1, 0.15) is 11.6 Å². The van der Waals surface area contributed by atoms with Crippen LogP contribution in [0.1, 0.15) is 21.5 Å². The lowest BCUT2D eigenvalue weighted by Crippen LogP contribution is -2.09. The van der Waals surface area contributed by atoms with E-state index in [1.54, 1.807) is 0 Å². The molecule has 0 atom stereocenters. The molecule has 0 unspecified atom stereocenters. The van der Waals surface area contributed by atoms with Crippen LogP contribution in [0.3, 0.4) is 0 Å². The third kappa shape index (κ3) is 2.76. The van der Waals surface area contributed by atoms with Crippen LogP contribution in [0.2, 0.25) is 0 Å². The van der Waals surface area contributed by atoms with Gasteiger partial charge in [0.25, 0.3) is 0 Å². The van der Waals surface area contributed by atoms with Crippen LogP contribution >= 0.6 is 0 Å². The molecule has 5 heteroatoms. The van der Waals surface area contributed by atoms with Crippen LogP contribution < -0.4 is 5.73 Å². The predicted octanol–water partition coefficient (Wildman–Crippen LogP) is 4.15. The highest BCUT2D eigenvalue weighted by molar-refractivity contribution is 6.13. The number of hydrogen-bond donors (Lipinski definition) is 1. The van der Waals surface area contributed by atoms with Crippen LogP contribution in [0, 0.1) is 18.6 Å². The Hall–Kier alpha value is -3.08. The number of aromatic nitrogens is 1. The molecule has 3 nitrogen and oxygen atoms in total. The lowest BCUT2D eigenvalue weighted by Gasteiger charge is -2.12. The first-order chi connectivity index (χ1) is 11.5. The molecule has 0 radical (unpaired) electrons. The zero-order valence-electron chi connectivity index (χ0n) is 12.9. The molecule has 0 amide bonds. The highest BCUT2D eigenvalue weighted by Gasteiger charge is 2.20. The van der Waals surface area contributed by atoms with Gasteiger partial charge in [-0.05, 0) is 30.7 Å². The Morgan fingerprint density at radius 3 is 2.50 bits per heavy atom. The van der Waals surface area contributed by atoms with Gasteiger partial charge >= 0.3 is 0 Å². The third-order valence-electron chi connectivity index (χ3n) is 3.81. The smallest absolute Gasteiger partial charge is 0.198 e. The summed E-state index contributed by atoms with van der Waals surface area (Å²) in [6, 6.07) is 11.7. The Morgan fingerprint density at radius 2 is 1.79 bits per heavy atom. The van der Waals surface area contributed by atoms with E-state index in [0.29, 0.717) is 11.8 Å². The van der Waals surface area contributed by atoms with Gasteiger partial charge in [-0.15, -0.1) is 0 Å². The lowest BCUT2D eigenvalue weighted by atomic mass is 9.97. The van der Waals surface area contributed by atoms with E-state index >= 15 is 0 Å². The van der Waals surface area contributed by atoms with Crippen molar-refractivity contribution in [3.05, 3.63) is 83.1 Å². The lowest BCUT2D eigenvalue weighted by molar-refractivity contribution is 0.103. The van der Waals surface area contributed by atoms with Gasteiger partial charge in [0.2, 0.25) is 0 Å². The van der Waals surface area contributed by atoms with Crippen molar-refractivity contribution in [2.75, 3.05) is 5.73 Å². The Labute approximate surface area is 137 Å². The number of nitrogen functional groups attached to an aromatic ring is 1. The molecule has 120 valence electrons. The number of carbonyl (C=O) groups is 1. The van der Waals surface area contributed by atoms with Crippen molar-refractivity contribution in [2.24, 2.45) is 0 Å². The summed E-state index contributed by atoms with van der Waals surface area (Å²) in [7, 11) is 0. The molecular formula is C19H14F2N2O. The number of carbonyl (C=O) groups excluding carboxylic acids is 1. The largest absolute Gasteiger partial charge is 0.396 e. The number of halogens is 2. The molecule has 0 fully saturated rings. The maximum Gasteiger partial charge on any atom is 0.198 e. The topological polar surface area (TPSA) is 56.0 Å². The summed E-state index contributed by atoms with van der Waals surface area (Å²) in [4.78, 5) is 16.8. The van der Waals surface area contributed by atoms with E-state index < -0.39 is 17.4 Å². The molecular weight excluding hydrogens is 310 g/mol. The number of aryl methyl sites for hydroxylation is 1. The number of anilines is 1. The Balaban J connectivity index is 2.12. The average Bonchev–Trinajstić information content (AvgIpc) is 2.55. The maximum atomic E-state index is 13.9. The second kappa shape index (κ2) is 6.20. The van der Waals surface area contributed by atoms with Crippen molar-refractivity contribution in [3.8, 4) is 11.3 Å². The molecule has 0 aliphatic heterocycles. The van der Waals surface area contributed by atoms with E-state index in [-0.39, 0.29) is 16.8 Å². The van der Waals surface area contributed by atoms with Crippen LogP contribution in [0.4, 0.5) is 14.5 Å². The fourth-order valence-corrected chi connectivity index (χ4v) is 2.54. The first-order valence-electron chi connectivity index (χ1n) is 7.29. The molecule has 0 bridgehead atoms. The summed E-state index contributed by atoms with van der Waals surface area (Å²) in [5.74, 6) is -2.27. The van der Waals surface area contributed by atoms with Gasteiger partial charge in [0, 0.05) is 23.4 Å². The number of rotatable bonds is 3. The van der Waals surface area contributed by atoms with Gasteiger partial charge in [0.05, 0.1) is 16.9 Å². The van der Waals surface area contributed by atoms with E-state index in [0.717, 1.165) is 23.3 Å². The van der Waals surface area contributed by atoms with Gasteiger partial charge in [-0.3, -0.25) is 9.78 Å². The molecule has 0 aliphatic carbocycles. The molecule has 0 aliphatic rings. The van der Waals surface area contributed by atoms with Crippen molar-refractivity contribution in [1.29, 1.82) is 0 Å². The number of nitrogens with zero attached hydrogens (tertiary/aromatic N) is 1. The maximum absolute atomic E-state index is 13.9. The first kappa shape index (κ1) is 15.8. The van der Waals surface area contributed by atoms with Gasteiger partial charge in [0.15, 0.2) is 5.78 Å². The molecule has 0 saturated carbocycles. The molecule has 3 rings (SSSR count). The van der Waals surface area contributed by atoms with E-state index in [1.807, 2.05) is 31.2 Å². The Kier molecular flexibility index (Phi) is 4.08. The minimum atomic E-state index is -0.923. The number of ketones is 1. The SMILES string of the molecule is Cc1ccccc1-c1nccc(C(=O)c2ccc(F)cc2F)c1N. The van der Waals surface area contributed by atoms with Crippen molar-refractivity contribution < 1.29 is 13.6 Å². The van der Waals surface area contributed by atoms with Gasteiger partial charge in [-0.2, -0.15) is 0 Å². The van der Waals surface area contributed by atoms with Crippen LogP contribution in [-0.2, 0) is 0 Å². The van der Waals surface area contributed by atoms with Crippen LogP contribution in [-0.4, -0.2) is 10.8 Å². The number of hydrogen-bond acceptors (Lipinski definition) is 3. The van der Waals surface area contributed by atoms with E-state index in [4.69, 9.17) is 5.73 Å². The molecule has 2 N–H and O–H groups in total. The number of nitrogens with two attached hydrogens (primary N) is 1. The monoisotopic (exact) mass is 324 g/mol. The molecule has 1 aromatic heterocycles. The molecule has 0 saturated heterocycles. The highest BCUT2D eigenvalue weighted by Crippen LogP contribution is 2.30. The van der Waals surface area contributed by atoms with E-state index in [2.05, 4.69) is 4.98 Å². The quantitative estimate of drug-likeness (QED) is 0.736. The van der Waals surface area contributed by atoms with Crippen molar-refractivity contribution in [3.63, 3.8) is 0 Å². The van der Waals surface area contributed by atoms with Crippen LogP contribution in [0.5, 0.6) is 0 Å². The van der Waals surface area contributed by atoms with Crippen LogP contribution in [0.15, 0.2) is 54.7 Å². The molecule has 24 heavy (non-hydrogen) atoms. The zero-order valence-corrected chi connectivity index (χ0v) is 12.9. The minimum absolute atomic E-state index is 0.133. The van der Waals surface area contributed by atoms with E-state index in [9.17, 15) is 13.6 Å². The standard InChI is InChI=1S/C19H14F2N2O/c1-11-4-2-3-5-13(11)18-17(22)15(8-9-23-18)19(24)14-7-6-12(20)10-16(14)21/h2-10H,22H2,1H3. The summed E-state index contributed by atoms with van der Waals surface area (Å²) in [5.41, 5.74) is 8.40. The summed E-state index contributed by atoms with van der Waals surface area (Å²) < 4.78 is 26.9. The molecule has 3 aromatic rings. The third-order valence-corrected chi connectivity index (χ3v) is 3.81. The first-order valence-corrected chi connectivity index (χ1v) is 7.29. The van der Waals surface area contributed by atoms with Crippen molar-refractivity contribution in [1.82, 2.24) is 4.98 Å². The van der Waals surface area contributed by atoms with E-state index in [1.165, 1.54) is 12.3 Å². The summed E-state index contributed by atoms with van der Waals surface area (Å²) in [6.45, 7) is 1.91. The summed E-state index contributed by atoms with van der Waals surface area (Å²) in [5, 5.41) is 0.